The molecule has 3 aromatic carbocycles. The Bertz CT molecular complexity index is 1080. The second-order valence-electron chi connectivity index (χ2n) is 9.73. The number of rotatable bonds is 6. The van der Waals surface area contributed by atoms with Crippen molar-refractivity contribution in [2.75, 3.05) is 0 Å². The molecule has 0 amide bonds. The zero-order chi connectivity index (χ0) is 25.0. The lowest BCUT2D eigenvalue weighted by Crippen LogP contribution is -2.18. The van der Waals surface area contributed by atoms with Crippen LogP contribution in [0.1, 0.15) is 85.3 Å². The SMILES string of the molecule is C[C@@H]1CCCCCCCCCc2cc(OCc3ccccc3)cc(OCc3ccccc3)c2C(=O)O1. The van der Waals surface area contributed by atoms with E-state index in [1.54, 1.807) is 0 Å². The van der Waals surface area contributed by atoms with Gasteiger partial charge >= 0.3 is 5.97 Å². The first-order valence-electron chi connectivity index (χ1n) is 13.4. The van der Waals surface area contributed by atoms with Crippen LogP contribution in [0, 0.1) is 0 Å². The number of benzene rings is 3. The van der Waals surface area contributed by atoms with Crippen LogP contribution >= 0.6 is 0 Å². The van der Waals surface area contributed by atoms with E-state index in [1.165, 1.54) is 25.7 Å². The van der Waals surface area contributed by atoms with E-state index in [-0.39, 0.29) is 12.1 Å². The number of carbonyl (C=O) groups is 1. The maximum absolute atomic E-state index is 13.5. The zero-order valence-corrected chi connectivity index (χ0v) is 21.4. The minimum absolute atomic E-state index is 0.121. The van der Waals surface area contributed by atoms with E-state index < -0.39 is 0 Å². The Labute approximate surface area is 215 Å². The van der Waals surface area contributed by atoms with E-state index in [4.69, 9.17) is 14.2 Å². The van der Waals surface area contributed by atoms with Gasteiger partial charge in [0.2, 0.25) is 0 Å². The van der Waals surface area contributed by atoms with E-state index in [9.17, 15) is 4.79 Å². The molecule has 1 heterocycles. The molecule has 1 atom stereocenters. The molecule has 0 radical (unpaired) electrons. The van der Waals surface area contributed by atoms with Gasteiger partial charge < -0.3 is 14.2 Å². The van der Waals surface area contributed by atoms with Gasteiger partial charge in [0, 0.05) is 6.07 Å². The van der Waals surface area contributed by atoms with Crippen LogP contribution in [0.4, 0.5) is 0 Å². The molecule has 0 aromatic heterocycles. The predicted octanol–water partition coefficient (Wildman–Crippen LogP) is 8.07. The quantitative estimate of drug-likeness (QED) is 0.331. The monoisotopic (exact) mass is 486 g/mol. The van der Waals surface area contributed by atoms with Crippen molar-refractivity contribution in [1.29, 1.82) is 0 Å². The van der Waals surface area contributed by atoms with Gasteiger partial charge in [0.15, 0.2) is 0 Å². The number of hydrogen-bond acceptors (Lipinski definition) is 4. The molecule has 0 saturated heterocycles. The third-order valence-corrected chi connectivity index (χ3v) is 6.71. The second kappa shape index (κ2) is 13.7. The number of fused-ring (bicyclic) bond motifs is 1. The van der Waals surface area contributed by atoms with E-state index in [0.717, 1.165) is 48.8 Å². The minimum atomic E-state index is -0.299. The highest BCUT2D eigenvalue weighted by molar-refractivity contribution is 5.94. The first-order chi connectivity index (χ1) is 17.7. The molecule has 1 aliphatic heterocycles. The highest BCUT2D eigenvalue weighted by atomic mass is 16.5. The molecule has 1 aliphatic rings. The Hall–Kier alpha value is -3.27. The number of aryl methyl sites for hydroxylation is 1. The van der Waals surface area contributed by atoms with Crippen molar-refractivity contribution in [2.24, 2.45) is 0 Å². The largest absolute Gasteiger partial charge is 0.489 e. The summed E-state index contributed by atoms with van der Waals surface area (Å²) in [5.41, 5.74) is 3.63. The standard InChI is InChI=1S/C32H38O4/c1-25-15-9-5-3-2-4-6-14-20-28-21-29(34-23-26-16-10-7-11-17-26)22-30(31(28)32(33)36-25)35-24-27-18-12-8-13-19-27/h7-8,10-13,16-19,21-22,25H,2-6,9,14-15,20,23-24H2,1H3/t25-/m1/s1. The summed E-state index contributed by atoms with van der Waals surface area (Å²) in [4.78, 5) is 13.5. The average Bonchev–Trinajstić information content (AvgIpc) is 2.90. The Balaban J connectivity index is 1.64. The number of ether oxygens (including phenoxy) is 3. The van der Waals surface area contributed by atoms with Crippen LogP contribution in [0.15, 0.2) is 72.8 Å². The minimum Gasteiger partial charge on any atom is -0.489 e. The van der Waals surface area contributed by atoms with Crippen LogP contribution in [0.3, 0.4) is 0 Å². The summed E-state index contributed by atoms with van der Waals surface area (Å²) in [7, 11) is 0. The number of hydrogen-bond donors (Lipinski definition) is 0. The first kappa shape index (κ1) is 25.8. The fourth-order valence-corrected chi connectivity index (χ4v) is 4.68. The second-order valence-corrected chi connectivity index (χ2v) is 9.73. The lowest BCUT2D eigenvalue weighted by atomic mass is 9.98. The van der Waals surface area contributed by atoms with Gasteiger partial charge in [-0.15, -0.1) is 0 Å². The number of cyclic esters (lactones) is 1. The lowest BCUT2D eigenvalue weighted by molar-refractivity contribution is 0.0313. The van der Waals surface area contributed by atoms with Crippen molar-refractivity contribution < 1.29 is 19.0 Å². The number of esters is 1. The Morgan fingerprint density at radius 1 is 0.750 bits per heavy atom. The summed E-state index contributed by atoms with van der Waals surface area (Å²) in [6.07, 6.45) is 9.79. The van der Waals surface area contributed by atoms with Crippen LogP contribution in [0.2, 0.25) is 0 Å². The molecule has 0 bridgehead atoms. The highest BCUT2D eigenvalue weighted by Crippen LogP contribution is 2.33. The Kier molecular flexibility index (Phi) is 9.84. The van der Waals surface area contributed by atoms with Crippen molar-refractivity contribution in [2.45, 2.75) is 84.0 Å². The zero-order valence-electron chi connectivity index (χ0n) is 21.4. The highest BCUT2D eigenvalue weighted by Gasteiger charge is 2.23. The summed E-state index contributed by atoms with van der Waals surface area (Å²) in [5, 5.41) is 0. The molecule has 0 fully saturated rings. The van der Waals surface area contributed by atoms with Crippen molar-refractivity contribution >= 4 is 5.97 Å². The average molecular weight is 487 g/mol. The van der Waals surface area contributed by atoms with E-state index in [1.807, 2.05) is 79.7 Å². The summed E-state index contributed by atoms with van der Waals surface area (Å²) >= 11 is 0. The third-order valence-electron chi connectivity index (χ3n) is 6.71. The number of carbonyl (C=O) groups excluding carboxylic acids is 1. The van der Waals surface area contributed by atoms with E-state index in [0.29, 0.717) is 30.3 Å². The molecule has 4 heteroatoms. The molecule has 190 valence electrons. The van der Waals surface area contributed by atoms with Gasteiger partial charge in [-0.05, 0) is 55.4 Å². The van der Waals surface area contributed by atoms with Gasteiger partial charge in [-0.2, -0.15) is 0 Å². The van der Waals surface area contributed by atoms with Gasteiger partial charge in [-0.1, -0.05) is 92.8 Å². The Morgan fingerprint density at radius 3 is 2.00 bits per heavy atom. The summed E-state index contributed by atoms with van der Waals surface area (Å²) < 4.78 is 18.4. The van der Waals surface area contributed by atoms with Crippen LogP contribution in [0.25, 0.3) is 0 Å². The lowest BCUT2D eigenvalue weighted by Gasteiger charge is -2.20. The van der Waals surface area contributed by atoms with Gasteiger partial charge in [0.05, 0.1) is 6.10 Å². The molecule has 4 rings (SSSR count). The van der Waals surface area contributed by atoms with Gasteiger partial charge in [-0.3, -0.25) is 0 Å². The van der Waals surface area contributed by atoms with Gasteiger partial charge in [0.1, 0.15) is 30.3 Å². The van der Waals surface area contributed by atoms with Crippen LogP contribution in [-0.4, -0.2) is 12.1 Å². The fraction of sp³-hybridized carbons (Fsp3) is 0.406. The topological polar surface area (TPSA) is 44.8 Å². The maximum atomic E-state index is 13.5. The summed E-state index contributed by atoms with van der Waals surface area (Å²) in [6, 6.07) is 24.0. The third kappa shape index (κ3) is 7.87. The maximum Gasteiger partial charge on any atom is 0.342 e. The molecular weight excluding hydrogens is 448 g/mol. The molecule has 0 saturated carbocycles. The first-order valence-corrected chi connectivity index (χ1v) is 13.4. The molecule has 3 aromatic rings. The Morgan fingerprint density at radius 2 is 1.33 bits per heavy atom. The van der Waals surface area contributed by atoms with Crippen molar-refractivity contribution in [3.05, 3.63) is 95.1 Å². The molecule has 0 unspecified atom stereocenters. The molecule has 36 heavy (non-hydrogen) atoms. The van der Waals surface area contributed by atoms with Crippen LogP contribution < -0.4 is 9.47 Å². The van der Waals surface area contributed by atoms with Crippen molar-refractivity contribution in [1.82, 2.24) is 0 Å². The van der Waals surface area contributed by atoms with Crippen molar-refractivity contribution in [3.8, 4) is 11.5 Å². The fourth-order valence-electron chi connectivity index (χ4n) is 4.68. The van der Waals surface area contributed by atoms with Crippen LogP contribution in [-0.2, 0) is 24.4 Å². The van der Waals surface area contributed by atoms with E-state index >= 15 is 0 Å². The smallest absolute Gasteiger partial charge is 0.342 e. The van der Waals surface area contributed by atoms with Gasteiger partial charge in [0.25, 0.3) is 0 Å². The van der Waals surface area contributed by atoms with Crippen LogP contribution in [0.5, 0.6) is 11.5 Å². The van der Waals surface area contributed by atoms with Crippen molar-refractivity contribution in [3.63, 3.8) is 0 Å². The molecule has 4 nitrogen and oxygen atoms in total. The van der Waals surface area contributed by atoms with Gasteiger partial charge in [-0.25, -0.2) is 4.79 Å². The summed E-state index contributed by atoms with van der Waals surface area (Å²) in [6.45, 7) is 2.82. The normalized spacial score (nSPS) is 17.4. The molecule has 0 spiro atoms. The molecule has 0 N–H and O–H groups in total. The summed E-state index contributed by atoms with van der Waals surface area (Å²) in [5.74, 6) is 0.943. The van der Waals surface area contributed by atoms with E-state index in [2.05, 4.69) is 0 Å². The molecule has 0 aliphatic carbocycles. The predicted molar refractivity (Wildman–Crippen MR) is 144 cm³/mol. The molecular formula is C32H38O4.